The van der Waals surface area contributed by atoms with Crippen LogP contribution in [0.25, 0.3) is 0 Å². The minimum atomic E-state index is -1.09. The number of benzene rings is 1. The van der Waals surface area contributed by atoms with Gasteiger partial charge in [0.1, 0.15) is 12.6 Å². The van der Waals surface area contributed by atoms with Crippen molar-refractivity contribution in [1.82, 2.24) is 10.2 Å². The zero-order valence-electron chi connectivity index (χ0n) is 14.3. The molecule has 0 bridgehead atoms. The van der Waals surface area contributed by atoms with Crippen molar-refractivity contribution in [3.05, 3.63) is 35.9 Å². The average Bonchev–Trinajstić information content (AvgIpc) is 2.64. The van der Waals surface area contributed by atoms with E-state index in [1.807, 2.05) is 30.3 Å². The lowest BCUT2D eigenvalue weighted by molar-refractivity contribution is -0.125. The molecule has 1 aromatic rings. The van der Waals surface area contributed by atoms with Gasteiger partial charge in [-0.2, -0.15) is 0 Å². The molecule has 1 fully saturated rings. The van der Waals surface area contributed by atoms with Crippen LogP contribution in [0, 0.1) is 17.8 Å². The van der Waals surface area contributed by atoms with Gasteiger partial charge in [0.2, 0.25) is 0 Å². The first-order valence-corrected chi connectivity index (χ1v) is 8.45. The second-order valence-corrected chi connectivity index (χ2v) is 6.19. The number of carbonyl (C=O) groups excluding carboxylic acids is 2. The minimum absolute atomic E-state index is 0.232. The molecular weight excluding hydrogens is 320 g/mol. The number of piperidine rings is 1. The van der Waals surface area contributed by atoms with Crippen molar-refractivity contribution in [1.29, 1.82) is 0 Å². The Hall–Kier alpha value is -2.36. The molecular formula is C19H24N2O4. The number of nitrogens with zero attached hydrogens (tertiary/aromatic N) is 1. The van der Waals surface area contributed by atoms with Gasteiger partial charge in [-0.25, -0.2) is 4.79 Å². The molecule has 3 N–H and O–H groups in total. The number of ketones is 1. The molecule has 6 heteroatoms. The summed E-state index contributed by atoms with van der Waals surface area (Å²) >= 11 is 0. The number of aliphatic hydroxyl groups excluding tert-OH is 2. The molecule has 1 heterocycles. The lowest BCUT2D eigenvalue weighted by Gasteiger charge is -2.31. The van der Waals surface area contributed by atoms with E-state index in [0.29, 0.717) is 13.1 Å². The van der Waals surface area contributed by atoms with Gasteiger partial charge in [-0.3, -0.25) is 4.79 Å². The molecule has 0 saturated carbocycles. The summed E-state index contributed by atoms with van der Waals surface area (Å²) in [6.45, 7) is 1.77. The zero-order valence-corrected chi connectivity index (χ0v) is 14.3. The molecule has 134 valence electrons. The van der Waals surface area contributed by atoms with Crippen molar-refractivity contribution in [2.45, 2.75) is 31.9 Å². The SMILES string of the molecule is C[C@H](O)[C@H](NC(=O)N1CCC(C#Cc2ccccc2)CC1)C(=O)CO. The van der Waals surface area contributed by atoms with Crippen LogP contribution in [-0.4, -0.2) is 58.8 Å². The first-order valence-electron chi connectivity index (χ1n) is 8.45. The fourth-order valence-electron chi connectivity index (χ4n) is 2.73. The van der Waals surface area contributed by atoms with Crippen LogP contribution >= 0.6 is 0 Å². The maximum Gasteiger partial charge on any atom is 0.318 e. The number of Topliss-reactive ketones (excluding diaryl/α,β-unsaturated/α-hetero) is 1. The Morgan fingerprint density at radius 2 is 1.92 bits per heavy atom. The second kappa shape index (κ2) is 9.21. The maximum absolute atomic E-state index is 12.3. The monoisotopic (exact) mass is 344 g/mol. The summed E-state index contributed by atoms with van der Waals surface area (Å²) in [5.74, 6) is 6.03. The number of urea groups is 1. The van der Waals surface area contributed by atoms with E-state index in [0.717, 1.165) is 18.4 Å². The molecule has 1 aromatic carbocycles. The van der Waals surface area contributed by atoms with E-state index in [-0.39, 0.29) is 5.92 Å². The Labute approximate surface area is 147 Å². The maximum atomic E-state index is 12.3. The smallest absolute Gasteiger partial charge is 0.318 e. The van der Waals surface area contributed by atoms with Crippen molar-refractivity contribution in [3.8, 4) is 11.8 Å². The average molecular weight is 344 g/mol. The number of aliphatic hydroxyl groups is 2. The van der Waals surface area contributed by atoms with E-state index in [1.54, 1.807) is 4.90 Å². The normalized spacial score (nSPS) is 17.2. The lowest BCUT2D eigenvalue weighted by Crippen LogP contribution is -2.54. The van der Waals surface area contributed by atoms with E-state index < -0.39 is 30.6 Å². The first kappa shape index (κ1) is 19.0. The zero-order chi connectivity index (χ0) is 18.2. The van der Waals surface area contributed by atoms with Crippen LogP contribution in [0.15, 0.2) is 30.3 Å². The highest BCUT2D eigenvalue weighted by Gasteiger charge is 2.28. The van der Waals surface area contributed by atoms with Gasteiger partial charge in [-0.15, -0.1) is 0 Å². The van der Waals surface area contributed by atoms with E-state index in [2.05, 4.69) is 17.2 Å². The Kier molecular flexibility index (Phi) is 6.99. The molecule has 2 amide bonds. The topological polar surface area (TPSA) is 89.9 Å². The van der Waals surface area contributed by atoms with Crippen LogP contribution in [0.4, 0.5) is 4.79 Å². The molecule has 2 atom stereocenters. The minimum Gasteiger partial charge on any atom is -0.391 e. The molecule has 25 heavy (non-hydrogen) atoms. The van der Waals surface area contributed by atoms with E-state index in [9.17, 15) is 14.7 Å². The molecule has 1 aliphatic heterocycles. The Balaban J connectivity index is 1.86. The fourth-order valence-corrected chi connectivity index (χ4v) is 2.73. The number of likely N-dealkylation sites (tertiary alicyclic amines) is 1. The number of amides is 2. The highest BCUT2D eigenvalue weighted by atomic mass is 16.3. The molecule has 0 aliphatic carbocycles. The van der Waals surface area contributed by atoms with Crippen LogP contribution in [0.2, 0.25) is 0 Å². The number of rotatable bonds is 4. The Morgan fingerprint density at radius 1 is 1.28 bits per heavy atom. The molecule has 2 rings (SSSR count). The van der Waals surface area contributed by atoms with Crippen LogP contribution in [0.5, 0.6) is 0 Å². The highest BCUT2D eigenvalue weighted by Crippen LogP contribution is 2.17. The summed E-state index contributed by atoms with van der Waals surface area (Å²) in [6.07, 6.45) is 0.471. The van der Waals surface area contributed by atoms with Crippen molar-refractivity contribution in [2.24, 2.45) is 5.92 Å². The van der Waals surface area contributed by atoms with E-state index in [4.69, 9.17) is 5.11 Å². The molecule has 1 aliphatic rings. The van der Waals surface area contributed by atoms with Gasteiger partial charge < -0.3 is 20.4 Å². The van der Waals surface area contributed by atoms with E-state index >= 15 is 0 Å². The van der Waals surface area contributed by atoms with Gasteiger partial charge in [0.25, 0.3) is 0 Å². The summed E-state index contributed by atoms with van der Waals surface area (Å²) in [5, 5.41) is 21.0. The largest absolute Gasteiger partial charge is 0.391 e. The highest BCUT2D eigenvalue weighted by molar-refractivity contribution is 5.89. The summed E-state index contributed by atoms with van der Waals surface area (Å²) in [6, 6.07) is 8.28. The summed E-state index contributed by atoms with van der Waals surface area (Å²) in [7, 11) is 0. The molecule has 6 nitrogen and oxygen atoms in total. The predicted octanol–water partition coefficient (Wildman–Crippen LogP) is 0.770. The fraction of sp³-hybridized carbons (Fsp3) is 0.474. The number of carbonyl (C=O) groups is 2. The van der Waals surface area contributed by atoms with Gasteiger partial charge in [-0.05, 0) is 31.9 Å². The Morgan fingerprint density at radius 3 is 2.48 bits per heavy atom. The van der Waals surface area contributed by atoms with Crippen molar-refractivity contribution in [2.75, 3.05) is 19.7 Å². The third kappa shape index (κ3) is 5.59. The summed E-state index contributed by atoms with van der Waals surface area (Å²) in [5.41, 5.74) is 0.977. The number of nitrogens with one attached hydrogen (secondary N) is 1. The van der Waals surface area contributed by atoms with Crippen LogP contribution < -0.4 is 5.32 Å². The predicted molar refractivity (Wildman–Crippen MR) is 93.7 cm³/mol. The van der Waals surface area contributed by atoms with Crippen LogP contribution in [-0.2, 0) is 4.79 Å². The van der Waals surface area contributed by atoms with Gasteiger partial charge in [-0.1, -0.05) is 30.0 Å². The van der Waals surface area contributed by atoms with Crippen LogP contribution in [0.3, 0.4) is 0 Å². The molecule has 0 unspecified atom stereocenters. The standard InChI is InChI=1S/C19H24N2O4/c1-14(23)18(17(24)13-22)20-19(25)21-11-9-16(10-12-21)8-7-15-5-3-2-4-6-15/h2-6,14,16,18,22-23H,9-13H2,1H3,(H,20,25)/t14-,18-/m0/s1. The van der Waals surface area contributed by atoms with Gasteiger partial charge in [0.05, 0.1) is 6.10 Å². The third-order valence-electron chi connectivity index (χ3n) is 4.24. The molecule has 0 spiro atoms. The van der Waals surface area contributed by atoms with Gasteiger partial charge in [0, 0.05) is 24.6 Å². The molecule has 1 saturated heterocycles. The van der Waals surface area contributed by atoms with Crippen molar-refractivity contribution >= 4 is 11.8 Å². The third-order valence-corrected chi connectivity index (χ3v) is 4.24. The summed E-state index contributed by atoms with van der Waals surface area (Å²) in [4.78, 5) is 25.4. The Bertz CT molecular complexity index is 640. The molecule has 0 aromatic heterocycles. The quantitative estimate of drug-likeness (QED) is 0.704. The number of hydrogen-bond acceptors (Lipinski definition) is 4. The van der Waals surface area contributed by atoms with Crippen molar-refractivity contribution in [3.63, 3.8) is 0 Å². The van der Waals surface area contributed by atoms with Crippen molar-refractivity contribution < 1.29 is 19.8 Å². The first-order chi connectivity index (χ1) is 12.0. The second-order valence-electron chi connectivity index (χ2n) is 6.19. The van der Waals surface area contributed by atoms with Gasteiger partial charge >= 0.3 is 6.03 Å². The summed E-state index contributed by atoms with van der Waals surface area (Å²) < 4.78 is 0. The van der Waals surface area contributed by atoms with E-state index in [1.165, 1.54) is 6.92 Å². The lowest BCUT2D eigenvalue weighted by atomic mass is 9.97. The molecule has 0 radical (unpaired) electrons. The van der Waals surface area contributed by atoms with Gasteiger partial charge in [0.15, 0.2) is 5.78 Å². The number of hydrogen-bond donors (Lipinski definition) is 3. The van der Waals surface area contributed by atoms with Crippen LogP contribution in [0.1, 0.15) is 25.3 Å².